The second-order valence-corrected chi connectivity index (χ2v) is 6.04. The summed E-state index contributed by atoms with van der Waals surface area (Å²) in [6, 6.07) is 14.7. The Bertz CT molecular complexity index is 630. The molecule has 0 atom stereocenters. The average Bonchev–Trinajstić information content (AvgIpc) is 2.72. The Balaban J connectivity index is 1.91. The van der Waals surface area contributed by atoms with Gasteiger partial charge in [0, 0.05) is 36.3 Å². The van der Waals surface area contributed by atoms with Crippen LogP contribution >= 0.6 is 15.9 Å². The van der Waals surface area contributed by atoms with E-state index in [4.69, 9.17) is 4.74 Å². The zero-order valence-electron chi connectivity index (χ0n) is 12.1. The summed E-state index contributed by atoms with van der Waals surface area (Å²) < 4.78 is 6.46. The number of hydrogen-bond acceptors (Lipinski definition) is 3. The standard InChI is InChI=1S/C17H19BrN2O/c1-21-15-6-7-16(18)14(10-15)12-20-9-8-19-11-13-4-2-3-5-17(13)20/h2-7,10,19H,8-9,11-12H2,1H3. The molecule has 1 aliphatic heterocycles. The Morgan fingerprint density at radius 2 is 2.10 bits per heavy atom. The van der Waals surface area contributed by atoms with Crippen molar-refractivity contribution in [1.29, 1.82) is 0 Å². The van der Waals surface area contributed by atoms with Crippen LogP contribution in [0.1, 0.15) is 11.1 Å². The van der Waals surface area contributed by atoms with Crippen molar-refractivity contribution in [3.05, 3.63) is 58.1 Å². The molecule has 1 N–H and O–H groups in total. The fourth-order valence-electron chi connectivity index (χ4n) is 2.70. The topological polar surface area (TPSA) is 24.5 Å². The molecule has 0 saturated heterocycles. The van der Waals surface area contributed by atoms with Crippen molar-refractivity contribution in [2.24, 2.45) is 0 Å². The number of rotatable bonds is 3. The van der Waals surface area contributed by atoms with Crippen molar-refractivity contribution < 1.29 is 4.74 Å². The predicted octanol–water partition coefficient (Wildman–Crippen LogP) is 3.57. The van der Waals surface area contributed by atoms with Gasteiger partial charge < -0.3 is 15.0 Å². The maximum absolute atomic E-state index is 5.34. The molecule has 21 heavy (non-hydrogen) atoms. The number of halogens is 1. The number of nitrogens with one attached hydrogen (secondary N) is 1. The minimum atomic E-state index is 0.872. The fraction of sp³-hybridized carbons (Fsp3) is 0.294. The molecule has 0 radical (unpaired) electrons. The van der Waals surface area contributed by atoms with Crippen LogP contribution in [0.2, 0.25) is 0 Å². The number of ether oxygens (including phenoxy) is 1. The van der Waals surface area contributed by atoms with Crippen LogP contribution in [0, 0.1) is 0 Å². The van der Waals surface area contributed by atoms with Crippen LogP contribution in [0.25, 0.3) is 0 Å². The van der Waals surface area contributed by atoms with E-state index in [1.54, 1.807) is 7.11 Å². The lowest BCUT2D eigenvalue weighted by molar-refractivity contribution is 0.414. The van der Waals surface area contributed by atoms with E-state index >= 15 is 0 Å². The number of hydrogen-bond donors (Lipinski definition) is 1. The zero-order chi connectivity index (χ0) is 14.7. The predicted molar refractivity (Wildman–Crippen MR) is 89.9 cm³/mol. The van der Waals surface area contributed by atoms with Crippen LogP contribution in [-0.2, 0) is 13.1 Å². The van der Waals surface area contributed by atoms with Crippen molar-refractivity contribution in [3.63, 3.8) is 0 Å². The number of para-hydroxylation sites is 1. The molecule has 0 bridgehead atoms. The molecular formula is C17H19BrN2O. The van der Waals surface area contributed by atoms with Crippen LogP contribution in [0.4, 0.5) is 5.69 Å². The van der Waals surface area contributed by atoms with Crippen molar-refractivity contribution >= 4 is 21.6 Å². The van der Waals surface area contributed by atoms with Crippen molar-refractivity contribution in [3.8, 4) is 5.75 Å². The lowest BCUT2D eigenvalue weighted by Gasteiger charge is -2.25. The maximum atomic E-state index is 5.34. The first kappa shape index (κ1) is 14.4. The van der Waals surface area contributed by atoms with Crippen LogP contribution in [-0.4, -0.2) is 20.2 Å². The number of anilines is 1. The normalized spacial score (nSPS) is 14.5. The molecule has 3 rings (SSSR count). The molecule has 0 aliphatic carbocycles. The molecule has 0 spiro atoms. The van der Waals surface area contributed by atoms with E-state index in [-0.39, 0.29) is 0 Å². The van der Waals surface area contributed by atoms with Gasteiger partial charge >= 0.3 is 0 Å². The van der Waals surface area contributed by atoms with E-state index in [9.17, 15) is 0 Å². The SMILES string of the molecule is COc1ccc(Br)c(CN2CCNCc3ccccc32)c1. The van der Waals surface area contributed by atoms with Crippen molar-refractivity contribution in [1.82, 2.24) is 5.32 Å². The van der Waals surface area contributed by atoms with Gasteiger partial charge in [0.15, 0.2) is 0 Å². The van der Waals surface area contributed by atoms with E-state index in [1.165, 1.54) is 16.8 Å². The van der Waals surface area contributed by atoms with E-state index < -0.39 is 0 Å². The Morgan fingerprint density at radius 3 is 2.95 bits per heavy atom. The number of nitrogens with zero attached hydrogens (tertiary/aromatic N) is 1. The van der Waals surface area contributed by atoms with Gasteiger partial charge in [-0.1, -0.05) is 34.1 Å². The molecule has 2 aromatic rings. The molecule has 1 heterocycles. The summed E-state index contributed by atoms with van der Waals surface area (Å²) in [6.07, 6.45) is 0. The zero-order valence-corrected chi connectivity index (χ0v) is 13.7. The number of benzene rings is 2. The molecule has 0 amide bonds. The summed E-state index contributed by atoms with van der Waals surface area (Å²) in [5.41, 5.74) is 3.91. The first-order chi connectivity index (χ1) is 10.3. The quantitative estimate of drug-likeness (QED) is 0.919. The number of methoxy groups -OCH3 is 1. The molecule has 110 valence electrons. The van der Waals surface area contributed by atoms with Gasteiger partial charge in [0.2, 0.25) is 0 Å². The summed E-state index contributed by atoms with van der Waals surface area (Å²) >= 11 is 3.65. The maximum Gasteiger partial charge on any atom is 0.119 e. The Kier molecular flexibility index (Phi) is 4.46. The lowest BCUT2D eigenvalue weighted by atomic mass is 10.1. The van der Waals surface area contributed by atoms with Gasteiger partial charge in [-0.05, 0) is 35.4 Å². The van der Waals surface area contributed by atoms with Crippen LogP contribution in [0.5, 0.6) is 5.75 Å². The Morgan fingerprint density at radius 1 is 1.24 bits per heavy atom. The Labute approximate surface area is 134 Å². The summed E-state index contributed by atoms with van der Waals surface area (Å²) in [7, 11) is 1.71. The first-order valence-corrected chi connectivity index (χ1v) is 7.93. The highest BCUT2D eigenvalue weighted by molar-refractivity contribution is 9.10. The van der Waals surface area contributed by atoms with Gasteiger partial charge in [0.25, 0.3) is 0 Å². The average molecular weight is 347 g/mol. The monoisotopic (exact) mass is 346 g/mol. The molecule has 1 aliphatic rings. The Hall–Kier alpha value is -1.52. The molecule has 0 fully saturated rings. The molecule has 3 nitrogen and oxygen atoms in total. The molecule has 2 aromatic carbocycles. The molecule has 0 saturated carbocycles. The van der Waals surface area contributed by atoms with Gasteiger partial charge in [-0.2, -0.15) is 0 Å². The third-order valence-corrected chi connectivity index (χ3v) is 4.59. The van der Waals surface area contributed by atoms with Crippen molar-refractivity contribution in [2.45, 2.75) is 13.1 Å². The minimum Gasteiger partial charge on any atom is -0.497 e. The highest BCUT2D eigenvalue weighted by Gasteiger charge is 2.16. The summed E-state index contributed by atoms with van der Waals surface area (Å²) in [5, 5.41) is 3.48. The van der Waals surface area contributed by atoms with E-state index in [0.717, 1.165) is 36.4 Å². The van der Waals surface area contributed by atoms with Crippen molar-refractivity contribution in [2.75, 3.05) is 25.1 Å². The van der Waals surface area contributed by atoms with Gasteiger partial charge in [-0.3, -0.25) is 0 Å². The molecule has 4 heteroatoms. The minimum absolute atomic E-state index is 0.872. The second-order valence-electron chi connectivity index (χ2n) is 5.18. The van der Waals surface area contributed by atoms with E-state index in [2.05, 4.69) is 62.5 Å². The second kappa shape index (κ2) is 6.50. The number of fused-ring (bicyclic) bond motifs is 1. The van der Waals surface area contributed by atoms with Gasteiger partial charge in [0.1, 0.15) is 5.75 Å². The molecule has 0 unspecified atom stereocenters. The third-order valence-electron chi connectivity index (χ3n) is 3.82. The van der Waals surface area contributed by atoms with Gasteiger partial charge in [0.05, 0.1) is 7.11 Å². The fourth-order valence-corrected chi connectivity index (χ4v) is 3.07. The smallest absolute Gasteiger partial charge is 0.119 e. The van der Waals surface area contributed by atoms with Crippen LogP contribution in [0.3, 0.4) is 0 Å². The molecular weight excluding hydrogens is 328 g/mol. The largest absolute Gasteiger partial charge is 0.497 e. The summed E-state index contributed by atoms with van der Waals surface area (Å²) in [6.45, 7) is 3.80. The van der Waals surface area contributed by atoms with Gasteiger partial charge in [-0.25, -0.2) is 0 Å². The van der Waals surface area contributed by atoms with Gasteiger partial charge in [-0.15, -0.1) is 0 Å². The first-order valence-electron chi connectivity index (χ1n) is 7.14. The lowest BCUT2D eigenvalue weighted by Crippen LogP contribution is -2.28. The highest BCUT2D eigenvalue weighted by atomic mass is 79.9. The third kappa shape index (κ3) is 3.22. The van der Waals surface area contributed by atoms with Crippen LogP contribution < -0.4 is 15.0 Å². The van der Waals surface area contributed by atoms with E-state index in [1.807, 2.05) is 6.07 Å². The van der Waals surface area contributed by atoms with Crippen LogP contribution in [0.15, 0.2) is 46.9 Å². The molecule has 0 aromatic heterocycles. The van der Waals surface area contributed by atoms with E-state index in [0.29, 0.717) is 0 Å². The highest BCUT2D eigenvalue weighted by Crippen LogP contribution is 2.28. The summed E-state index contributed by atoms with van der Waals surface area (Å²) in [5.74, 6) is 0.898. The summed E-state index contributed by atoms with van der Waals surface area (Å²) in [4.78, 5) is 2.43.